The van der Waals surface area contributed by atoms with Crippen LogP contribution in [0.5, 0.6) is 0 Å². The van der Waals surface area contributed by atoms with Crippen molar-refractivity contribution in [3.63, 3.8) is 0 Å². The van der Waals surface area contributed by atoms with Crippen molar-refractivity contribution in [2.45, 2.75) is 38.8 Å². The van der Waals surface area contributed by atoms with Crippen molar-refractivity contribution in [2.24, 2.45) is 5.92 Å². The lowest BCUT2D eigenvalue weighted by atomic mass is 9.82. The maximum atomic E-state index is 9.23. The lowest BCUT2D eigenvalue weighted by Crippen LogP contribution is -2.36. The van der Waals surface area contributed by atoms with Crippen LogP contribution in [0.3, 0.4) is 0 Å². The minimum atomic E-state index is -0.0376. The fourth-order valence-corrected chi connectivity index (χ4v) is 2.95. The first-order valence-corrected chi connectivity index (χ1v) is 6.85. The van der Waals surface area contributed by atoms with E-state index in [4.69, 9.17) is 0 Å². The van der Waals surface area contributed by atoms with E-state index >= 15 is 0 Å². The average molecular weight is 240 g/mol. The molecule has 0 spiro atoms. The van der Waals surface area contributed by atoms with Crippen LogP contribution in [0.15, 0.2) is 5.38 Å². The minimum absolute atomic E-state index is 0.0376. The van der Waals surface area contributed by atoms with Gasteiger partial charge in [0.25, 0.3) is 0 Å². The zero-order valence-electron chi connectivity index (χ0n) is 10.0. The van der Waals surface area contributed by atoms with E-state index in [0.29, 0.717) is 5.92 Å². The molecule has 1 aliphatic rings. The van der Waals surface area contributed by atoms with Crippen LogP contribution in [0.4, 0.5) is 0 Å². The molecule has 16 heavy (non-hydrogen) atoms. The Labute approximate surface area is 101 Å². The summed E-state index contributed by atoms with van der Waals surface area (Å²) in [5.74, 6) is 0.685. The van der Waals surface area contributed by atoms with Gasteiger partial charge in [-0.05, 0) is 32.2 Å². The van der Waals surface area contributed by atoms with Crippen LogP contribution in [-0.4, -0.2) is 34.7 Å². The van der Waals surface area contributed by atoms with Crippen LogP contribution < -0.4 is 0 Å². The zero-order valence-corrected chi connectivity index (χ0v) is 10.8. The maximum absolute atomic E-state index is 9.23. The molecule has 3 nitrogen and oxygen atoms in total. The second kappa shape index (κ2) is 5.25. The van der Waals surface area contributed by atoms with E-state index in [1.807, 2.05) is 0 Å². The molecule has 4 heteroatoms. The second-order valence-corrected chi connectivity index (χ2v) is 5.72. The topological polar surface area (TPSA) is 36.4 Å². The summed E-state index contributed by atoms with van der Waals surface area (Å²) < 4.78 is 0. The summed E-state index contributed by atoms with van der Waals surface area (Å²) in [7, 11) is 2.13. The number of aromatic nitrogens is 1. The van der Waals surface area contributed by atoms with Crippen molar-refractivity contribution in [1.82, 2.24) is 9.88 Å². The highest BCUT2D eigenvalue weighted by molar-refractivity contribution is 7.09. The van der Waals surface area contributed by atoms with Gasteiger partial charge in [-0.15, -0.1) is 11.3 Å². The fraction of sp³-hybridized carbons (Fsp3) is 0.750. The first-order chi connectivity index (χ1) is 7.67. The van der Waals surface area contributed by atoms with E-state index in [-0.39, 0.29) is 6.10 Å². The van der Waals surface area contributed by atoms with Crippen molar-refractivity contribution in [3.05, 3.63) is 16.1 Å². The number of nitrogens with zero attached hydrogens (tertiary/aromatic N) is 2. The number of thiazole rings is 1. The van der Waals surface area contributed by atoms with Gasteiger partial charge >= 0.3 is 0 Å². The maximum Gasteiger partial charge on any atom is 0.0926 e. The molecular formula is C12H20N2OS. The molecule has 1 aliphatic carbocycles. The second-order valence-electron chi connectivity index (χ2n) is 4.77. The molecule has 0 saturated heterocycles. The molecule has 1 fully saturated rings. The van der Waals surface area contributed by atoms with Crippen LogP contribution in [0.25, 0.3) is 0 Å². The highest BCUT2D eigenvalue weighted by Crippen LogP contribution is 2.27. The summed E-state index contributed by atoms with van der Waals surface area (Å²) in [4.78, 5) is 6.87. The van der Waals surface area contributed by atoms with Crippen molar-refractivity contribution < 1.29 is 5.11 Å². The van der Waals surface area contributed by atoms with Gasteiger partial charge in [0.15, 0.2) is 0 Å². The van der Waals surface area contributed by atoms with Gasteiger partial charge < -0.3 is 10.0 Å². The minimum Gasteiger partial charge on any atom is -0.393 e. The van der Waals surface area contributed by atoms with Crippen molar-refractivity contribution in [3.8, 4) is 0 Å². The van der Waals surface area contributed by atoms with Crippen molar-refractivity contribution in [1.29, 1.82) is 0 Å². The summed E-state index contributed by atoms with van der Waals surface area (Å²) in [5.41, 5.74) is 1.18. The van der Waals surface area contributed by atoms with E-state index in [1.165, 1.54) is 10.7 Å². The molecule has 0 radical (unpaired) electrons. The summed E-state index contributed by atoms with van der Waals surface area (Å²) >= 11 is 1.75. The molecule has 0 bridgehead atoms. The Morgan fingerprint density at radius 1 is 1.56 bits per heavy atom. The SMILES string of the molecule is CCc1nc(CN(C)CC2CC(O)C2)cs1. The predicted molar refractivity (Wildman–Crippen MR) is 66.6 cm³/mol. The predicted octanol–water partition coefficient (Wildman–Crippen LogP) is 1.91. The molecule has 0 unspecified atom stereocenters. The molecule has 2 rings (SSSR count). The molecule has 90 valence electrons. The quantitative estimate of drug-likeness (QED) is 0.854. The Kier molecular flexibility index (Phi) is 3.95. The Morgan fingerprint density at radius 3 is 2.88 bits per heavy atom. The molecule has 1 aromatic rings. The fourth-order valence-electron chi connectivity index (χ4n) is 2.22. The van der Waals surface area contributed by atoms with Gasteiger partial charge in [-0.3, -0.25) is 0 Å². The van der Waals surface area contributed by atoms with Gasteiger partial charge in [0.05, 0.1) is 16.8 Å². The Hall–Kier alpha value is -0.450. The molecule has 1 N–H and O–H groups in total. The van der Waals surface area contributed by atoms with Gasteiger partial charge in [-0.1, -0.05) is 6.92 Å². The van der Waals surface area contributed by atoms with Gasteiger partial charge in [-0.2, -0.15) is 0 Å². The summed E-state index contributed by atoms with van der Waals surface area (Å²) in [5, 5.41) is 12.6. The largest absolute Gasteiger partial charge is 0.393 e. The number of aliphatic hydroxyl groups is 1. The number of rotatable bonds is 5. The highest BCUT2D eigenvalue weighted by atomic mass is 32.1. The third-order valence-corrected chi connectivity index (χ3v) is 4.16. The molecule has 1 aromatic heterocycles. The monoisotopic (exact) mass is 240 g/mol. The first kappa shape index (κ1) is 12.0. The smallest absolute Gasteiger partial charge is 0.0926 e. The Bertz CT molecular complexity index is 334. The molecule has 1 heterocycles. The van der Waals surface area contributed by atoms with Crippen LogP contribution in [0.2, 0.25) is 0 Å². The van der Waals surface area contributed by atoms with Crippen LogP contribution >= 0.6 is 11.3 Å². The van der Waals surface area contributed by atoms with Crippen LogP contribution in [-0.2, 0) is 13.0 Å². The van der Waals surface area contributed by atoms with Crippen molar-refractivity contribution >= 4 is 11.3 Å². The van der Waals surface area contributed by atoms with Gasteiger partial charge in [0, 0.05) is 18.5 Å². The van der Waals surface area contributed by atoms with Gasteiger partial charge in [0.2, 0.25) is 0 Å². The van der Waals surface area contributed by atoms with E-state index in [9.17, 15) is 5.11 Å². The Balaban J connectivity index is 1.76. The number of aryl methyl sites for hydroxylation is 1. The van der Waals surface area contributed by atoms with Crippen LogP contribution in [0.1, 0.15) is 30.5 Å². The zero-order chi connectivity index (χ0) is 11.5. The Morgan fingerprint density at radius 2 is 2.31 bits per heavy atom. The summed E-state index contributed by atoms with van der Waals surface area (Å²) in [6.45, 7) is 4.15. The van der Waals surface area contributed by atoms with E-state index in [1.54, 1.807) is 11.3 Å². The standard InChI is InChI=1S/C12H20N2OS/c1-3-12-13-10(8-16-12)7-14(2)6-9-4-11(15)5-9/h8-9,11,15H,3-7H2,1-2H3. The van der Waals surface area contributed by atoms with E-state index < -0.39 is 0 Å². The van der Waals surface area contributed by atoms with Gasteiger partial charge in [0.1, 0.15) is 0 Å². The van der Waals surface area contributed by atoms with Crippen LogP contribution in [0, 0.1) is 5.92 Å². The molecule has 1 saturated carbocycles. The molecule has 0 aliphatic heterocycles. The molecule has 0 atom stereocenters. The lowest BCUT2D eigenvalue weighted by molar-refractivity contribution is 0.0272. The first-order valence-electron chi connectivity index (χ1n) is 5.97. The number of aliphatic hydroxyl groups excluding tert-OH is 1. The normalized spacial score (nSPS) is 24.8. The third-order valence-electron chi connectivity index (χ3n) is 3.11. The number of hydrogen-bond acceptors (Lipinski definition) is 4. The lowest BCUT2D eigenvalue weighted by Gasteiger charge is -2.34. The molecular weight excluding hydrogens is 220 g/mol. The van der Waals surface area contributed by atoms with Gasteiger partial charge in [-0.25, -0.2) is 4.98 Å². The summed E-state index contributed by atoms with van der Waals surface area (Å²) in [6.07, 6.45) is 2.94. The molecule has 0 amide bonds. The van der Waals surface area contributed by atoms with E-state index in [0.717, 1.165) is 32.4 Å². The van der Waals surface area contributed by atoms with E-state index in [2.05, 4.69) is 29.2 Å². The summed E-state index contributed by atoms with van der Waals surface area (Å²) in [6, 6.07) is 0. The third kappa shape index (κ3) is 3.03. The highest BCUT2D eigenvalue weighted by Gasteiger charge is 2.27. The average Bonchev–Trinajstić information content (AvgIpc) is 2.63. The molecule has 0 aromatic carbocycles. The number of hydrogen-bond donors (Lipinski definition) is 1. The van der Waals surface area contributed by atoms with Crippen molar-refractivity contribution in [2.75, 3.05) is 13.6 Å².